The summed E-state index contributed by atoms with van der Waals surface area (Å²) in [4.78, 5) is 1.56. The third-order valence-electron chi connectivity index (χ3n) is 3.23. The van der Waals surface area contributed by atoms with Gasteiger partial charge >= 0.3 is 0 Å². The summed E-state index contributed by atoms with van der Waals surface area (Å²) in [6, 6.07) is -1.26. The lowest BCUT2D eigenvalue weighted by atomic mass is 10.0. The Morgan fingerprint density at radius 1 is 1.00 bits per heavy atom. The number of nitrogens with zero attached hydrogens (tertiary/aromatic N) is 1. The van der Waals surface area contributed by atoms with Gasteiger partial charge in [-0.1, -0.05) is 0 Å². The van der Waals surface area contributed by atoms with E-state index in [2.05, 4.69) is 0 Å². The second-order valence-corrected chi connectivity index (χ2v) is 3.98. The van der Waals surface area contributed by atoms with Gasteiger partial charge in [-0.2, -0.15) is 0 Å². The zero-order chi connectivity index (χ0) is 10.5. The van der Waals surface area contributed by atoms with E-state index in [0.717, 1.165) is 0 Å². The van der Waals surface area contributed by atoms with Crippen molar-refractivity contribution in [3.05, 3.63) is 0 Å². The van der Waals surface area contributed by atoms with Crippen LogP contribution in [0.1, 0.15) is 0 Å². The van der Waals surface area contributed by atoms with Gasteiger partial charge < -0.3 is 25.5 Å². The molecule has 2 fully saturated rings. The van der Waals surface area contributed by atoms with Crippen LogP contribution in [0.2, 0.25) is 0 Å². The molecule has 0 radical (unpaired) electrons. The summed E-state index contributed by atoms with van der Waals surface area (Å²) in [6.07, 6.45) is -4.15. The van der Waals surface area contributed by atoms with Crippen molar-refractivity contribution < 1.29 is 25.5 Å². The number of fused-ring (bicyclic) bond motifs is 1. The van der Waals surface area contributed by atoms with Crippen molar-refractivity contribution in [3.63, 3.8) is 0 Å². The van der Waals surface area contributed by atoms with Crippen LogP contribution in [0.15, 0.2) is 0 Å². The van der Waals surface area contributed by atoms with Gasteiger partial charge in [0.15, 0.2) is 0 Å². The van der Waals surface area contributed by atoms with Gasteiger partial charge in [-0.25, -0.2) is 0 Å². The number of aliphatic hydroxyl groups excluding tert-OH is 5. The first-order chi connectivity index (χ1) is 6.57. The van der Waals surface area contributed by atoms with E-state index in [-0.39, 0.29) is 13.2 Å². The predicted molar refractivity (Wildman–Crippen MR) is 45.4 cm³/mol. The minimum Gasteiger partial charge on any atom is -0.395 e. The van der Waals surface area contributed by atoms with E-state index in [1.54, 1.807) is 4.90 Å². The minimum absolute atomic E-state index is 0.172. The van der Waals surface area contributed by atoms with Crippen molar-refractivity contribution in [1.82, 2.24) is 4.90 Å². The molecule has 0 aliphatic carbocycles. The van der Waals surface area contributed by atoms with E-state index in [9.17, 15) is 20.4 Å². The molecule has 2 heterocycles. The predicted octanol–water partition coefficient (Wildman–Crippen LogP) is -3.51. The van der Waals surface area contributed by atoms with Gasteiger partial charge in [-0.05, 0) is 0 Å². The maximum atomic E-state index is 9.58. The molecule has 6 atom stereocenters. The highest BCUT2D eigenvalue weighted by Crippen LogP contribution is 2.33. The van der Waals surface area contributed by atoms with Crippen LogP contribution in [0.4, 0.5) is 0 Å². The maximum Gasteiger partial charge on any atom is 0.0996 e. The third-order valence-corrected chi connectivity index (χ3v) is 3.23. The van der Waals surface area contributed by atoms with Crippen molar-refractivity contribution in [1.29, 1.82) is 0 Å². The fraction of sp³-hybridized carbons (Fsp3) is 1.00. The molecule has 82 valence electrons. The lowest BCUT2D eigenvalue weighted by molar-refractivity contribution is -0.0268. The molecule has 0 aromatic carbocycles. The molecule has 2 aliphatic heterocycles. The molecule has 0 saturated carbocycles. The second kappa shape index (κ2) is 3.41. The maximum absolute atomic E-state index is 9.58. The van der Waals surface area contributed by atoms with Gasteiger partial charge in [0.2, 0.25) is 0 Å². The third kappa shape index (κ3) is 1.19. The second-order valence-electron chi connectivity index (χ2n) is 3.98. The first kappa shape index (κ1) is 10.3. The zero-order valence-electron chi connectivity index (χ0n) is 7.56. The van der Waals surface area contributed by atoms with Gasteiger partial charge in [0.25, 0.3) is 0 Å². The normalized spacial score (nSPS) is 53.8. The molecular weight excluding hydrogens is 190 g/mol. The Balaban J connectivity index is 2.21. The van der Waals surface area contributed by atoms with E-state index < -0.39 is 36.5 Å². The summed E-state index contributed by atoms with van der Waals surface area (Å²) >= 11 is 0. The smallest absolute Gasteiger partial charge is 0.0996 e. The van der Waals surface area contributed by atoms with E-state index in [0.29, 0.717) is 0 Å². The molecule has 0 amide bonds. The molecule has 6 nitrogen and oxygen atoms in total. The van der Waals surface area contributed by atoms with Crippen molar-refractivity contribution in [2.45, 2.75) is 36.5 Å². The fourth-order valence-corrected chi connectivity index (χ4v) is 2.46. The Morgan fingerprint density at radius 3 is 2.21 bits per heavy atom. The quantitative estimate of drug-likeness (QED) is 0.304. The Labute approximate surface area is 81.0 Å². The molecule has 5 N–H and O–H groups in total. The van der Waals surface area contributed by atoms with Gasteiger partial charge in [0, 0.05) is 6.54 Å². The average Bonchev–Trinajstić information content (AvgIpc) is 2.54. The summed E-state index contributed by atoms with van der Waals surface area (Å²) in [7, 11) is 0. The van der Waals surface area contributed by atoms with Crippen LogP contribution in [0.25, 0.3) is 0 Å². The zero-order valence-corrected chi connectivity index (χ0v) is 7.56. The largest absolute Gasteiger partial charge is 0.395 e. The summed E-state index contributed by atoms with van der Waals surface area (Å²) < 4.78 is 0. The molecule has 0 spiro atoms. The number of aliphatic hydroxyl groups is 5. The molecule has 0 aromatic rings. The fourth-order valence-electron chi connectivity index (χ4n) is 2.46. The Hall–Kier alpha value is -0.240. The van der Waals surface area contributed by atoms with Gasteiger partial charge in [-0.3, -0.25) is 4.90 Å². The summed E-state index contributed by atoms with van der Waals surface area (Å²) in [6.45, 7) is -0.126. The Kier molecular flexibility index (Phi) is 2.50. The van der Waals surface area contributed by atoms with Crippen molar-refractivity contribution in [2.24, 2.45) is 0 Å². The van der Waals surface area contributed by atoms with Crippen molar-refractivity contribution >= 4 is 0 Å². The van der Waals surface area contributed by atoms with E-state index >= 15 is 0 Å². The van der Waals surface area contributed by atoms with Crippen LogP contribution in [0.3, 0.4) is 0 Å². The standard InChI is InChI=1S/C8H15NO5/c10-2-3-6(12)8(14)5-7(13)4(11)1-9(3)5/h3-8,10-14H,1-2H2/t3-,4-,5?,6+,7+,8+/m0/s1. The van der Waals surface area contributed by atoms with E-state index in [4.69, 9.17) is 5.11 Å². The molecular formula is C8H15NO5. The molecule has 2 saturated heterocycles. The first-order valence-electron chi connectivity index (χ1n) is 4.66. The van der Waals surface area contributed by atoms with Crippen LogP contribution in [0, 0.1) is 0 Å². The molecule has 6 heteroatoms. The van der Waals surface area contributed by atoms with Crippen LogP contribution in [0.5, 0.6) is 0 Å². The number of hydrogen-bond donors (Lipinski definition) is 5. The average molecular weight is 205 g/mol. The lowest BCUT2D eigenvalue weighted by Crippen LogP contribution is -2.41. The monoisotopic (exact) mass is 205 g/mol. The van der Waals surface area contributed by atoms with Crippen molar-refractivity contribution in [2.75, 3.05) is 13.2 Å². The lowest BCUT2D eigenvalue weighted by Gasteiger charge is -2.22. The van der Waals surface area contributed by atoms with Crippen LogP contribution in [-0.4, -0.2) is 80.1 Å². The van der Waals surface area contributed by atoms with Crippen LogP contribution < -0.4 is 0 Å². The molecule has 0 aromatic heterocycles. The van der Waals surface area contributed by atoms with Gasteiger partial charge in [-0.15, -0.1) is 0 Å². The summed E-state index contributed by atoms with van der Waals surface area (Å²) in [5.41, 5.74) is 0. The highest BCUT2D eigenvalue weighted by molar-refractivity contribution is 5.09. The minimum atomic E-state index is -1.11. The number of rotatable bonds is 1. The molecule has 14 heavy (non-hydrogen) atoms. The molecule has 0 bridgehead atoms. The van der Waals surface area contributed by atoms with Crippen molar-refractivity contribution in [3.8, 4) is 0 Å². The van der Waals surface area contributed by atoms with Gasteiger partial charge in [0.1, 0.15) is 0 Å². The summed E-state index contributed by atoms with van der Waals surface area (Å²) in [5, 5.41) is 47.0. The Morgan fingerprint density at radius 2 is 1.64 bits per heavy atom. The SMILES string of the molecule is OC[C@H]1[C@@H](O)[C@H](O)C2[C@H](O)[C@@H](O)CN21. The molecule has 2 aliphatic rings. The number of hydrogen-bond acceptors (Lipinski definition) is 6. The van der Waals surface area contributed by atoms with Crippen LogP contribution in [-0.2, 0) is 0 Å². The van der Waals surface area contributed by atoms with E-state index in [1.807, 2.05) is 0 Å². The highest BCUT2D eigenvalue weighted by Gasteiger charge is 2.56. The highest BCUT2D eigenvalue weighted by atomic mass is 16.4. The summed E-state index contributed by atoms with van der Waals surface area (Å²) in [5.74, 6) is 0. The van der Waals surface area contributed by atoms with Gasteiger partial charge in [0.05, 0.1) is 43.1 Å². The molecule has 2 rings (SSSR count). The molecule has 1 unspecified atom stereocenters. The van der Waals surface area contributed by atoms with E-state index in [1.165, 1.54) is 0 Å². The topological polar surface area (TPSA) is 104 Å². The first-order valence-corrected chi connectivity index (χ1v) is 4.66. The van der Waals surface area contributed by atoms with Crippen LogP contribution >= 0.6 is 0 Å². The Bertz CT molecular complexity index is 226.